The predicted octanol–water partition coefficient (Wildman–Crippen LogP) is 18.2. The minimum Gasteiger partial charge on any atom is -0.465 e. The molecule has 2 amide bonds. The third-order valence-corrected chi connectivity index (χ3v) is 18.0. The zero-order valence-electron chi connectivity index (χ0n) is 57.1. The van der Waals surface area contributed by atoms with E-state index in [9.17, 15) is 47.9 Å². The lowest BCUT2D eigenvalue weighted by atomic mass is 9.93. The van der Waals surface area contributed by atoms with E-state index in [2.05, 4.69) is 34.3 Å². The maximum Gasteiger partial charge on any atom is 0.533 e. The molecule has 0 radical (unpaired) electrons. The van der Waals surface area contributed by atoms with Gasteiger partial charge in [-0.15, -0.1) is 0 Å². The first-order valence-electron chi connectivity index (χ1n) is 34.4. The molecule has 0 N–H and O–H groups in total. The van der Waals surface area contributed by atoms with E-state index in [1.807, 2.05) is 123 Å². The van der Waals surface area contributed by atoms with Crippen LogP contribution in [-0.2, 0) is 38.3 Å². The van der Waals surface area contributed by atoms with Crippen LogP contribution in [0.4, 0.5) is 4.79 Å². The van der Waals surface area contributed by atoms with Crippen LogP contribution in [0.5, 0.6) is 0 Å². The summed E-state index contributed by atoms with van der Waals surface area (Å²) in [6.45, 7) is 18.5. The molecule has 0 atom stereocenters. The van der Waals surface area contributed by atoms with Crippen LogP contribution in [0.1, 0.15) is 291 Å². The van der Waals surface area contributed by atoms with Crippen molar-refractivity contribution in [2.24, 2.45) is 0 Å². The minimum atomic E-state index is -1.16. The Morgan fingerprint density at radius 2 is 0.649 bits per heavy atom. The number of ketones is 6. The van der Waals surface area contributed by atoms with Crippen LogP contribution in [0.15, 0.2) is 116 Å². The monoisotopic (exact) mass is 1320 g/mol. The molecule has 0 aromatic heterocycles. The van der Waals surface area contributed by atoms with Crippen LogP contribution >= 0.6 is 0 Å². The molecule has 0 saturated carbocycles. The lowest BCUT2D eigenvalue weighted by molar-refractivity contribution is -0.192. The fourth-order valence-corrected chi connectivity index (χ4v) is 12.4. The third-order valence-electron chi connectivity index (χ3n) is 18.0. The molecule has 97 heavy (non-hydrogen) atoms. The summed E-state index contributed by atoms with van der Waals surface area (Å²) in [7, 11) is 0. The number of Topliss-reactive ketones (excluding diaryl/α,β-unsaturated/α-hetero) is 6. The molecule has 16 heteroatoms. The molecule has 16 nitrogen and oxygen atoms in total. The van der Waals surface area contributed by atoms with Gasteiger partial charge < -0.3 is 9.47 Å². The van der Waals surface area contributed by atoms with Crippen molar-refractivity contribution in [3.8, 4) is 33.4 Å². The molecule has 0 unspecified atom stereocenters. The summed E-state index contributed by atoms with van der Waals surface area (Å²) in [6.07, 6.45) is 13.5. The number of imide groups is 1. The van der Waals surface area contributed by atoms with E-state index in [0.717, 1.165) is 161 Å². The normalized spacial score (nSPS) is 12.8. The van der Waals surface area contributed by atoms with Crippen LogP contribution in [0.25, 0.3) is 39.0 Å². The van der Waals surface area contributed by atoms with Gasteiger partial charge in [-0.3, -0.25) is 48.0 Å². The number of hydrogen-bond donors (Lipinski definition) is 0. The Labute approximate surface area is 568 Å². The zero-order valence-corrected chi connectivity index (χ0v) is 57.1. The van der Waals surface area contributed by atoms with Crippen LogP contribution < -0.4 is 0 Å². The van der Waals surface area contributed by atoms with Crippen molar-refractivity contribution in [3.63, 3.8) is 0 Å². The number of carbonyl (C=O) groups excluding carboxylic acids is 12. The summed E-state index contributed by atoms with van der Waals surface area (Å²) < 4.78 is 10.9. The molecule has 1 heterocycles. The van der Waals surface area contributed by atoms with Crippen molar-refractivity contribution in [2.75, 3.05) is 13.2 Å². The summed E-state index contributed by atoms with van der Waals surface area (Å²) in [5, 5.41) is 0.438. The first kappa shape index (κ1) is 74.7. The van der Waals surface area contributed by atoms with Gasteiger partial charge in [0.1, 0.15) is 13.2 Å². The topological polar surface area (TPSA) is 236 Å². The highest BCUT2D eigenvalue weighted by atomic mass is 16.8. The second-order valence-corrected chi connectivity index (χ2v) is 24.8. The summed E-state index contributed by atoms with van der Waals surface area (Å²) in [5.74, 6) is -1.31. The van der Waals surface area contributed by atoms with Crippen LogP contribution in [0.3, 0.4) is 0 Å². The zero-order chi connectivity index (χ0) is 70.3. The van der Waals surface area contributed by atoms with E-state index in [0.29, 0.717) is 72.3 Å². The maximum atomic E-state index is 12.7. The van der Waals surface area contributed by atoms with E-state index < -0.39 is 23.9 Å². The third kappa shape index (κ3) is 18.7. The molecule has 6 aromatic carbocycles. The average Bonchev–Trinajstić information content (AvgIpc) is 1.63. The lowest BCUT2D eigenvalue weighted by Crippen LogP contribution is -2.32. The number of esters is 1. The average molecular weight is 1320 g/mol. The predicted molar refractivity (Wildman–Crippen MR) is 370 cm³/mol. The highest BCUT2D eigenvalue weighted by Gasteiger charge is 2.37. The number of ether oxygens (including phenoxy) is 2. The van der Waals surface area contributed by atoms with Crippen LogP contribution in [0, 0.1) is 0 Å². The molecule has 508 valence electrons. The number of amides is 2. The molecule has 6 aromatic rings. The summed E-state index contributed by atoms with van der Waals surface area (Å²) in [5.41, 5.74) is 16.8. The molecular weight excluding hydrogens is 1230 g/mol. The lowest BCUT2D eigenvalue weighted by Gasteiger charge is -2.17. The Hall–Kier alpha value is -9.66. The van der Waals surface area contributed by atoms with Gasteiger partial charge in [-0.2, -0.15) is 9.59 Å². The highest BCUT2D eigenvalue weighted by Crippen LogP contribution is 2.48. The Bertz CT molecular complexity index is 3770. The molecule has 1 fully saturated rings. The van der Waals surface area contributed by atoms with Crippen molar-refractivity contribution >= 4 is 70.4 Å². The molecular formula is C81H89NO15. The number of rotatable bonds is 30. The van der Waals surface area contributed by atoms with Gasteiger partial charge in [-0.05, 0) is 147 Å². The number of unbranched alkanes of at least 4 members (excludes halogenated alkanes) is 6. The van der Waals surface area contributed by atoms with Crippen molar-refractivity contribution in [1.82, 2.24) is 5.06 Å². The van der Waals surface area contributed by atoms with Gasteiger partial charge in [-0.1, -0.05) is 171 Å². The van der Waals surface area contributed by atoms with Crippen LogP contribution in [0.2, 0.25) is 0 Å². The van der Waals surface area contributed by atoms with E-state index >= 15 is 0 Å². The van der Waals surface area contributed by atoms with Gasteiger partial charge >= 0.3 is 18.3 Å². The van der Waals surface area contributed by atoms with Crippen molar-refractivity contribution < 1.29 is 71.8 Å². The van der Waals surface area contributed by atoms with Crippen molar-refractivity contribution in [2.45, 2.75) is 195 Å². The molecule has 1 saturated heterocycles. The second-order valence-electron chi connectivity index (χ2n) is 24.8. The number of hydroxylamine groups is 2. The number of fused-ring (bicyclic) bond motifs is 9. The Balaban J connectivity index is 0.000000204. The largest absolute Gasteiger partial charge is 0.533 e. The first-order valence-corrected chi connectivity index (χ1v) is 34.4. The quantitative estimate of drug-likeness (QED) is 0.0231. The Morgan fingerprint density at radius 3 is 0.918 bits per heavy atom. The molecule has 10 rings (SSSR count). The molecule has 4 aliphatic rings. The SMILES string of the molecule is C=C1c2cc(C(=O)CCCC)ccc2-c2ccc(C(=O)CCCC)cc21.CCCCC(=O)c1ccc2c(c1)C(COC(=O)CC)c1cc(C(=O)CCCC)ccc1-2.CCCCC(=O)c1ccc2c(c1)C(COC(=O)ON1C(=O)CCC1=O)c1cc(C(=O)CCCC)ccc1-2.O=C=O. The van der Waals surface area contributed by atoms with Gasteiger partial charge in [0.05, 0.1) is 0 Å². The molecule has 0 bridgehead atoms. The fraction of sp³-hybridized carbons (Fsp3) is 0.395. The molecule has 1 aliphatic heterocycles. The second kappa shape index (κ2) is 36.5. The Kier molecular flexibility index (Phi) is 28.1. The maximum absolute atomic E-state index is 12.7. The van der Waals surface area contributed by atoms with E-state index in [1.54, 1.807) is 6.92 Å². The van der Waals surface area contributed by atoms with Gasteiger partial charge in [-0.25, -0.2) is 4.79 Å². The standard InChI is InChI=1S/C29H31NO7.C27H32O4.C24H26O2.CO2/c1-3-5-7-25(31)18-9-11-20-21-12-10-19(26(32)8-6-4-2)16-23(21)24(22(20)15-18)17-36-29(35)37-30-27(33)13-14-28(30)34;1-4-7-9-25(28)18-11-13-20-21-14-12-19(26(29)10-8-5-2)16-23(21)24(22(20)15-18)17-31-27(30)6-3;1-4-6-8-23(25)17-10-12-19-20-13-11-18(24(26)9-7-5-2)15-22(20)16(3)21(19)14-17;2-1-3/h9-12,15-16,24H,3-8,13-14,17H2,1-2H3;11-16,24H,4-10,17H2,1-3H3;10-15H,3-9H2,1-2H3;. The number of benzene rings is 6. The number of nitrogens with zero attached hydrogens (tertiary/aromatic N) is 1. The van der Waals surface area contributed by atoms with E-state index in [1.165, 1.54) is 0 Å². The van der Waals surface area contributed by atoms with Gasteiger partial charge in [0.25, 0.3) is 11.8 Å². The highest BCUT2D eigenvalue weighted by molar-refractivity contribution is 6.07. The van der Waals surface area contributed by atoms with Gasteiger partial charge in [0.2, 0.25) is 0 Å². The van der Waals surface area contributed by atoms with Gasteiger partial charge in [0, 0.05) is 103 Å². The number of hydrogen-bond acceptors (Lipinski definition) is 15. The Morgan fingerprint density at radius 1 is 0.392 bits per heavy atom. The summed E-state index contributed by atoms with van der Waals surface area (Å²) in [4.78, 5) is 144. The summed E-state index contributed by atoms with van der Waals surface area (Å²) >= 11 is 0. The van der Waals surface area contributed by atoms with Gasteiger partial charge in [0.15, 0.2) is 34.7 Å². The van der Waals surface area contributed by atoms with Crippen molar-refractivity contribution in [3.05, 3.63) is 183 Å². The first-order chi connectivity index (χ1) is 46.8. The van der Waals surface area contributed by atoms with E-state index in [4.69, 9.17) is 23.9 Å². The fourth-order valence-electron chi connectivity index (χ4n) is 12.4. The van der Waals surface area contributed by atoms with E-state index in [-0.39, 0.29) is 78.8 Å². The van der Waals surface area contributed by atoms with Crippen LogP contribution in [-0.4, -0.2) is 83.1 Å². The minimum absolute atomic E-state index is 0.0147. The smallest absolute Gasteiger partial charge is 0.465 e. The van der Waals surface area contributed by atoms with Crippen molar-refractivity contribution in [1.29, 1.82) is 0 Å². The number of carbonyl (C=O) groups is 10. The summed E-state index contributed by atoms with van der Waals surface area (Å²) in [6, 6.07) is 34.5. The molecule has 3 aliphatic carbocycles. The molecule has 0 spiro atoms.